The zero-order chi connectivity index (χ0) is 19.4. The maximum absolute atomic E-state index is 12.3. The van der Waals surface area contributed by atoms with E-state index in [1.54, 1.807) is 47.4 Å². The van der Waals surface area contributed by atoms with Crippen LogP contribution in [0.5, 0.6) is 5.75 Å². The summed E-state index contributed by atoms with van der Waals surface area (Å²) < 4.78 is 1.78. The van der Waals surface area contributed by atoms with Crippen molar-refractivity contribution in [2.75, 3.05) is 0 Å². The largest absolute Gasteiger partial charge is 0.508 e. The number of thiazole rings is 1. The van der Waals surface area contributed by atoms with Gasteiger partial charge in [0.1, 0.15) is 16.5 Å². The lowest BCUT2D eigenvalue weighted by Crippen LogP contribution is -2.07. The average molecular weight is 384 g/mol. The molecule has 0 aliphatic heterocycles. The number of carbonyl (C=O) groups excluding carboxylic acids is 1. The summed E-state index contributed by atoms with van der Waals surface area (Å²) in [5.41, 5.74) is 1.67. The number of phenols is 1. The number of carboxylic acids is 1. The van der Waals surface area contributed by atoms with Gasteiger partial charge in [-0.3, -0.25) is 4.79 Å². The molecule has 0 saturated heterocycles. The Hall–Kier alpha value is -2.93. The molecule has 3 rings (SSSR count). The number of phenolic OH excluding ortho intramolecular Hbond substituents is 1. The number of nitrogens with zero attached hydrogens (tertiary/aromatic N) is 2. The normalized spacial score (nSPS) is 10.9. The number of carbonyl (C=O) groups is 2. The van der Waals surface area contributed by atoms with Crippen LogP contribution in [0, 0.1) is 0 Å². The number of aromatic carboxylic acids is 1. The molecule has 0 unspecified atom stereocenters. The molecule has 1 aromatic carbocycles. The van der Waals surface area contributed by atoms with E-state index < -0.39 is 5.97 Å². The highest BCUT2D eigenvalue weighted by Gasteiger charge is 2.16. The van der Waals surface area contributed by atoms with E-state index in [1.165, 1.54) is 11.3 Å². The van der Waals surface area contributed by atoms with Crippen LogP contribution < -0.4 is 0 Å². The van der Waals surface area contributed by atoms with Gasteiger partial charge in [-0.15, -0.1) is 11.3 Å². The molecule has 0 amide bonds. The lowest BCUT2D eigenvalue weighted by atomic mass is 10.0. The van der Waals surface area contributed by atoms with Gasteiger partial charge >= 0.3 is 5.97 Å². The Labute approximate surface area is 160 Å². The Bertz CT molecular complexity index is 957. The number of benzene rings is 1. The van der Waals surface area contributed by atoms with Crippen molar-refractivity contribution >= 4 is 23.1 Å². The van der Waals surface area contributed by atoms with Crippen LogP contribution in [0.2, 0.25) is 0 Å². The highest BCUT2D eigenvalue weighted by Crippen LogP contribution is 2.27. The molecule has 0 radical (unpaired) electrons. The van der Waals surface area contributed by atoms with Crippen LogP contribution in [0.25, 0.3) is 10.6 Å². The van der Waals surface area contributed by atoms with Gasteiger partial charge < -0.3 is 14.8 Å². The average Bonchev–Trinajstić information content (AvgIpc) is 3.27. The van der Waals surface area contributed by atoms with Crippen LogP contribution in [0.4, 0.5) is 0 Å². The van der Waals surface area contributed by atoms with Crippen molar-refractivity contribution in [3.8, 4) is 16.3 Å². The molecule has 2 N–H and O–H groups in total. The van der Waals surface area contributed by atoms with E-state index in [2.05, 4.69) is 4.98 Å². The maximum Gasteiger partial charge on any atom is 0.337 e. The zero-order valence-corrected chi connectivity index (χ0v) is 15.7. The van der Waals surface area contributed by atoms with Crippen molar-refractivity contribution in [2.45, 2.75) is 32.7 Å². The van der Waals surface area contributed by atoms with Gasteiger partial charge in [0.05, 0.1) is 5.56 Å². The maximum atomic E-state index is 12.3. The van der Waals surface area contributed by atoms with E-state index >= 15 is 0 Å². The van der Waals surface area contributed by atoms with Gasteiger partial charge in [0.25, 0.3) is 0 Å². The molecule has 7 heteroatoms. The van der Waals surface area contributed by atoms with Gasteiger partial charge in [-0.05, 0) is 43.2 Å². The summed E-state index contributed by atoms with van der Waals surface area (Å²) in [6.07, 6.45) is 6.10. The van der Waals surface area contributed by atoms with Crippen LogP contribution in [0.15, 0.2) is 42.9 Å². The first-order valence-electron chi connectivity index (χ1n) is 8.64. The first-order chi connectivity index (χ1) is 13.0. The number of rotatable bonds is 8. The Morgan fingerprint density at radius 1 is 1.19 bits per heavy atom. The SMILES string of the molecule is CCn1cc(CC(=O)CCc2cnc(-c3ccc(O)cc3)s2)c(C(=O)O)c1. The molecule has 2 aromatic heterocycles. The first kappa shape index (κ1) is 18.8. The topological polar surface area (TPSA) is 92.4 Å². The van der Waals surface area contributed by atoms with Crippen LogP contribution in [-0.4, -0.2) is 31.5 Å². The monoisotopic (exact) mass is 384 g/mol. The molecule has 0 saturated carbocycles. The van der Waals surface area contributed by atoms with E-state index in [0.717, 1.165) is 15.4 Å². The number of ketones is 1. The summed E-state index contributed by atoms with van der Waals surface area (Å²) in [5.74, 6) is -0.796. The second-order valence-corrected chi connectivity index (χ2v) is 7.34. The third-order valence-corrected chi connectivity index (χ3v) is 5.37. The Balaban J connectivity index is 1.61. The second kappa shape index (κ2) is 8.18. The van der Waals surface area contributed by atoms with Crippen LogP contribution in [0.3, 0.4) is 0 Å². The van der Waals surface area contributed by atoms with Crippen molar-refractivity contribution in [2.24, 2.45) is 0 Å². The van der Waals surface area contributed by atoms with E-state index in [-0.39, 0.29) is 23.5 Å². The fraction of sp³-hybridized carbons (Fsp3) is 0.250. The summed E-state index contributed by atoms with van der Waals surface area (Å²) in [4.78, 5) is 29.0. The van der Waals surface area contributed by atoms with Crippen molar-refractivity contribution in [1.29, 1.82) is 0 Å². The van der Waals surface area contributed by atoms with Gasteiger partial charge in [-0.1, -0.05) is 0 Å². The first-order valence-corrected chi connectivity index (χ1v) is 9.45. The fourth-order valence-corrected chi connectivity index (χ4v) is 3.71. The lowest BCUT2D eigenvalue weighted by molar-refractivity contribution is -0.118. The van der Waals surface area contributed by atoms with Crippen LogP contribution in [-0.2, 0) is 24.2 Å². The quantitative estimate of drug-likeness (QED) is 0.617. The number of aryl methyl sites for hydroxylation is 2. The van der Waals surface area contributed by atoms with Gasteiger partial charge in [-0.25, -0.2) is 9.78 Å². The van der Waals surface area contributed by atoms with Crippen molar-refractivity contribution in [3.05, 3.63) is 58.9 Å². The zero-order valence-electron chi connectivity index (χ0n) is 14.9. The molecule has 6 nitrogen and oxygen atoms in total. The lowest BCUT2D eigenvalue weighted by Gasteiger charge is -2.00. The number of hydrogen-bond donors (Lipinski definition) is 2. The predicted molar refractivity (Wildman–Crippen MR) is 103 cm³/mol. The number of aromatic nitrogens is 2. The smallest absolute Gasteiger partial charge is 0.337 e. The minimum absolute atomic E-state index is 0.00550. The summed E-state index contributed by atoms with van der Waals surface area (Å²) in [7, 11) is 0. The summed E-state index contributed by atoms with van der Waals surface area (Å²) >= 11 is 1.51. The minimum Gasteiger partial charge on any atom is -0.508 e. The van der Waals surface area contributed by atoms with E-state index in [9.17, 15) is 19.8 Å². The molecule has 2 heterocycles. The van der Waals surface area contributed by atoms with E-state index in [4.69, 9.17) is 0 Å². The fourth-order valence-electron chi connectivity index (χ4n) is 2.80. The molecule has 0 spiro atoms. The number of aromatic hydroxyl groups is 1. The van der Waals surface area contributed by atoms with Crippen LogP contribution >= 0.6 is 11.3 Å². The molecule has 0 fully saturated rings. The molecular weight excluding hydrogens is 364 g/mol. The summed E-state index contributed by atoms with van der Waals surface area (Å²) in [6.45, 7) is 2.59. The minimum atomic E-state index is -1.01. The van der Waals surface area contributed by atoms with Crippen molar-refractivity contribution in [3.63, 3.8) is 0 Å². The third-order valence-electron chi connectivity index (χ3n) is 4.26. The highest BCUT2D eigenvalue weighted by atomic mass is 32.1. The predicted octanol–water partition coefficient (Wildman–Crippen LogP) is 3.78. The van der Waals surface area contributed by atoms with Crippen LogP contribution in [0.1, 0.15) is 34.1 Å². The Morgan fingerprint density at radius 2 is 1.93 bits per heavy atom. The molecule has 0 aliphatic carbocycles. The molecule has 0 aliphatic rings. The molecule has 0 bridgehead atoms. The Kier molecular flexibility index (Phi) is 5.71. The molecule has 140 valence electrons. The van der Waals surface area contributed by atoms with E-state index in [1.807, 2.05) is 6.92 Å². The second-order valence-electron chi connectivity index (χ2n) is 6.23. The summed E-state index contributed by atoms with van der Waals surface area (Å²) in [6, 6.07) is 6.83. The van der Waals surface area contributed by atoms with Gasteiger partial charge in [-0.2, -0.15) is 0 Å². The number of Topliss-reactive ketones (excluding diaryl/α,β-unsaturated/α-hetero) is 1. The number of hydrogen-bond acceptors (Lipinski definition) is 5. The van der Waals surface area contributed by atoms with Gasteiger partial charge in [0, 0.05) is 48.4 Å². The molecule has 0 atom stereocenters. The van der Waals surface area contributed by atoms with Gasteiger partial charge in [0.2, 0.25) is 0 Å². The molecular formula is C20H20N2O4S. The standard InChI is InChI=1S/C20H20N2O4S/c1-2-22-11-14(18(12-22)20(25)26)9-16(24)7-8-17-10-21-19(27-17)13-3-5-15(23)6-4-13/h3-6,10-12,23H,2,7-9H2,1H3,(H,25,26). The highest BCUT2D eigenvalue weighted by molar-refractivity contribution is 7.15. The third kappa shape index (κ3) is 4.62. The van der Waals surface area contributed by atoms with Crippen molar-refractivity contribution < 1.29 is 19.8 Å². The summed E-state index contributed by atoms with van der Waals surface area (Å²) in [5, 5.41) is 19.5. The molecule has 3 aromatic rings. The van der Waals surface area contributed by atoms with Crippen molar-refractivity contribution in [1.82, 2.24) is 9.55 Å². The Morgan fingerprint density at radius 3 is 2.59 bits per heavy atom. The molecule has 27 heavy (non-hydrogen) atoms. The van der Waals surface area contributed by atoms with E-state index in [0.29, 0.717) is 24.9 Å². The van der Waals surface area contributed by atoms with Gasteiger partial charge in [0.15, 0.2) is 0 Å². The number of carboxylic acid groups (broad SMARTS) is 1.